The first-order valence-electron chi connectivity index (χ1n) is 8.28. The molecule has 2 atom stereocenters. The van der Waals surface area contributed by atoms with Crippen LogP contribution in [0.15, 0.2) is 0 Å². The quantitative estimate of drug-likeness (QED) is 0.676. The highest BCUT2D eigenvalue weighted by atomic mass is 35.5. The molecule has 0 spiro atoms. The van der Waals surface area contributed by atoms with Crippen LogP contribution in [0.1, 0.15) is 65.7 Å². The van der Waals surface area contributed by atoms with Gasteiger partial charge >= 0.3 is 0 Å². The Morgan fingerprint density at radius 1 is 1.38 bits per heavy atom. The van der Waals surface area contributed by atoms with E-state index in [0.717, 1.165) is 44.8 Å². The van der Waals surface area contributed by atoms with Crippen LogP contribution >= 0.6 is 12.4 Å². The molecule has 0 saturated carbocycles. The van der Waals surface area contributed by atoms with Crippen molar-refractivity contribution in [3.63, 3.8) is 0 Å². The summed E-state index contributed by atoms with van der Waals surface area (Å²) in [5.74, 6) is -0.00862. The number of nitrogens with zero attached hydrogens (tertiary/aromatic N) is 1. The van der Waals surface area contributed by atoms with Crippen molar-refractivity contribution in [3.8, 4) is 0 Å². The first kappa shape index (κ1) is 20.7. The smallest absolute Gasteiger partial charge is 0.239 e. The summed E-state index contributed by atoms with van der Waals surface area (Å²) in [6.07, 6.45) is 7.91. The molecule has 0 aromatic carbocycles. The standard InChI is InChI=1S/C16H33N3O.ClH/c1-4-10-16(3,17)15(20)18-11-6-8-13-19-12-7-5-9-14(19)2;/h14H,4-13,17H2,1-3H3,(H,18,20);1H. The van der Waals surface area contributed by atoms with Gasteiger partial charge in [-0.15, -0.1) is 12.4 Å². The third kappa shape index (κ3) is 7.48. The number of nitrogens with two attached hydrogens (primary N) is 1. The highest BCUT2D eigenvalue weighted by molar-refractivity contribution is 5.85. The fourth-order valence-corrected chi connectivity index (χ4v) is 2.97. The monoisotopic (exact) mass is 319 g/mol. The Labute approximate surface area is 136 Å². The molecule has 2 unspecified atom stereocenters. The zero-order valence-corrected chi connectivity index (χ0v) is 14.8. The largest absolute Gasteiger partial charge is 0.355 e. The lowest BCUT2D eigenvalue weighted by Gasteiger charge is -2.33. The molecule has 1 rings (SSSR count). The summed E-state index contributed by atoms with van der Waals surface area (Å²) in [4.78, 5) is 14.5. The number of rotatable bonds is 8. The van der Waals surface area contributed by atoms with E-state index in [1.165, 1.54) is 25.8 Å². The van der Waals surface area contributed by atoms with Crippen molar-refractivity contribution in [1.82, 2.24) is 10.2 Å². The van der Waals surface area contributed by atoms with Gasteiger partial charge in [0, 0.05) is 12.6 Å². The third-order valence-corrected chi connectivity index (χ3v) is 4.39. The van der Waals surface area contributed by atoms with E-state index in [0.29, 0.717) is 0 Å². The molecule has 1 aliphatic heterocycles. The molecule has 0 radical (unpaired) electrons. The number of likely N-dealkylation sites (tertiary alicyclic amines) is 1. The molecule has 1 heterocycles. The van der Waals surface area contributed by atoms with E-state index in [1.54, 1.807) is 0 Å². The first-order valence-corrected chi connectivity index (χ1v) is 8.28. The average molecular weight is 320 g/mol. The molecule has 1 amide bonds. The van der Waals surface area contributed by atoms with Crippen LogP contribution in [0.2, 0.25) is 0 Å². The second-order valence-electron chi connectivity index (χ2n) is 6.51. The van der Waals surface area contributed by atoms with Gasteiger partial charge in [0.05, 0.1) is 5.54 Å². The van der Waals surface area contributed by atoms with Crippen molar-refractivity contribution in [2.75, 3.05) is 19.6 Å². The van der Waals surface area contributed by atoms with Crippen LogP contribution in [0.5, 0.6) is 0 Å². The Bertz CT molecular complexity index is 297. The molecule has 0 bridgehead atoms. The lowest BCUT2D eigenvalue weighted by molar-refractivity contribution is -0.126. The molecule has 0 aromatic heterocycles. The number of carbonyl (C=O) groups is 1. The van der Waals surface area contributed by atoms with Gasteiger partial charge in [-0.25, -0.2) is 0 Å². The zero-order chi connectivity index (χ0) is 15.0. The SMILES string of the molecule is CCCC(C)(N)C(=O)NCCCCN1CCCCC1C.Cl. The van der Waals surface area contributed by atoms with Gasteiger partial charge in [0.1, 0.15) is 0 Å². The van der Waals surface area contributed by atoms with Crippen LogP contribution in [0.25, 0.3) is 0 Å². The fraction of sp³-hybridized carbons (Fsp3) is 0.938. The summed E-state index contributed by atoms with van der Waals surface area (Å²) in [5.41, 5.74) is 5.29. The van der Waals surface area contributed by atoms with Gasteiger partial charge in [-0.3, -0.25) is 4.79 Å². The van der Waals surface area contributed by atoms with E-state index in [9.17, 15) is 4.79 Å². The fourth-order valence-electron chi connectivity index (χ4n) is 2.97. The topological polar surface area (TPSA) is 58.4 Å². The molecule has 0 aromatic rings. The predicted octanol–water partition coefficient (Wildman–Crippen LogP) is 2.70. The van der Waals surface area contributed by atoms with Crippen LogP contribution in [0.4, 0.5) is 0 Å². The maximum atomic E-state index is 11.9. The van der Waals surface area contributed by atoms with Crippen molar-refractivity contribution in [2.45, 2.75) is 77.3 Å². The minimum atomic E-state index is -0.712. The van der Waals surface area contributed by atoms with E-state index < -0.39 is 5.54 Å². The van der Waals surface area contributed by atoms with Gasteiger partial charge in [-0.05, 0) is 59.0 Å². The Morgan fingerprint density at radius 2 is 2.10 bits per heavy atom. The number of amides is 1. The van der Waals surface area contributed by atoms with E-state index >= 15 is 0 Å². The maximum Gasteiger partial charge on any atom is 0.239 e. The normalized spacial score (nSPS) is 22.2. The molecule has 126 valence electrons. The average Bonchev–Trinajstić information content (AvgIpc) is 2.40. The van der Waals surface area contributed by atoms with Crippen LogP contribution in [-0.2, 0) is 4.79 Å². The molecular weight excluding hydrogens is 286 g/mol. The molecule has 1 saturated heterocycles. The van der Waals surface area contributed by atoms with E-state index in [2.05, 4.69) is 24.1 Å². The zero-order valence-electron chi connectivity index (χ0n) is 14.0. The molecule has 1 aliphatic rings. The second-order valence-corrected chi connectivity index (χ2v) is 6.51. The highest BCUT2D eigenvalue weighted by Gasteiger charge is 2.26. The number of nitrogens with one attached hydrogen (secondary N) is 1. The van der Waals surface area contributed by atoms with Crippen molar-refractivity contribution < 1.29 is 4.79 Å². The third-order valence-electron chi connectivity index (χ3n) is 4.39. The van der Waals surface area contributed by atoms with Crippen LogP contribution in [-0.4, -0.2) is 42.0 Å². The van der Waals surface area contributed by atoms with Gasteiger partial charge in [0.2, 0.25) is 5.91 Å². The molecular formula is C16H34ClN3O. The summed E-state index contributed by atoms with van der Waals surface area (Å²) in [7, 11) is 0. The number of hydrogen-bond donors (Lipinski definition) is 2. The summed E-state index contributed by atoms with van der Waals surface area (Å²) in [6.45, 7) is 9.35. The number of carbonyl (C=O) groups excluding carboxylic acids is 1. The van der Waals surface area contributed by atoms with E-state index in [4.69, 9.17) is 5.73 Å². The second kappa shape index (κ2) is 10.4. The number of halogens is 1. The van der Waals surface area contributed by atoms with Gasteiger partial charge in [0.25, 0.3) is 0 Å². The van der Waals surface area contributed by atoms with Crippen LogP contribution < -0.4 is 11.1 Å². The van der Waals surface area contributed by atoms with Gasteiger partial charge in [-0.1, -0.05) is 19.8 Å². The Morgan fingerprint density at radius 3 is 2.71 bits per heavy atom. The molecule has 4 nitrogen and oxygen atoms in total. The van der Waals surface area contributed by atoms with Gasteiger partial charge in [-0.2, -0.15) is 0 Å². The summed E-state index contributed by atoms with van der Waals surface area (Å²) in [6, 6.07) is 0.732. The number of unbranched alkanes of at least 4 members (excludes halogenated alkanes) is 1. The molecule has 21 heavy (non-hydrogen) atoms. The van der Waals surface area contributed by atoms with Crippen LogP contribution in [0.3, 0.4) is 0 Å². The van der Waals surface area contributed by atoms with Gasteiger partial charge in [0.15, 0.2) is 0 Å². The van der Waals surface area contributed by atoms with Gasteiger partial charge < -0.3 is 16.0 Å². The Kier molecular flexibility index (Phi) is 10.3. The molecule has 5 heteroatoms. The molecule has 0 aliphatic carbocycles. The van der Waals surface area contributed by atoms with Crippen LogP contribution in [0, 0.1) is 0 Å². The Hall–Kier alpha value is -0.320. The minimum Gasteiger partial charge on any atom is -0.355 e. The van der Waals surface area contributed by atoms with Crippen molar-refractivity contribution >= 4 is 18.3 Å². The van der Waals surface area contributed by atoms with Crippen molar-refractivity contribution in [1.29, 1.82) is 0 Å². The van der Waals surface area contributed by atoms with E-state index in [-0.39, 0.29) is 18.3 Å². The number of hydrogen-bond acceptors (Lipinski definition) is 3. The molecule has 3 N–H and O–H groups in total. The lowest BCUT2D eigenvalue weighted by Crippen LogP contribution is -2.51. The molecule has 1 fully saturated rings. The lowest BCUT2D eigenvalue weighted by atomic mass is 9.96. The van der Waals surface area contributed by atoms with E-state index in [1.807, 2.05) is 6.92 Å². The Balaban J connectivity index is 0.00000400. The minimum absolute atomic E-state index is 0. The summed E-state index contributed by atoms with van der Waals surface area (Å²) < 4.78 is 0. The van der Waals surface area contributed by atoms with Crippen molar-refractivity contribution in [3.05, 3.63) is 0 Å². The number of piperidine rings is 1. The summed E-state index contributed by atoms with van der Waals surface area (Å²) in [5, 5.41) is 2.97. The first-order chi connectivity index (χ1) is 9.47. The maximum absolute atomic E-state index is 11.9. The predicted molar refractivity (Wildman–Crippen MR) is 91.9 cm³/mol. The highest BCUT2D eigenvalue weighted by Crippen LogP contribution is 2.16. The van der Waals surface area contributed by atoms with Crippen molar-refractivity contribution in [2.24, 2.45) is 5.73 Å². The summed E-state index contributed by atoms with van der Waals surface area (Å²) >= 11 is 0.